The van der Waals surface area contributed by atoms with E-state index in [-0.39, 0.29) is 11.8 Å². The molecule has 1 aliphatic rings. The van der Waals surface area contributed by atoms with Crippen LogP contribution in [0.2, 0.25) is 0 Å². The van der Waals surface area contributed by atoms with Gasteiger partial charge in [-0.3, -0.25) is 9.59 Å². The van der Waals surface area contributed by atoms with Gasteiger partial charge in [-0.25, -0.2) is 0 Å². The van der Waals surface area contributed by atoms with E-state index in [2.05, 4.69) is 15.9 Å². The van der Waals surface area contributed by atoms with Crippen LogP contribution in [0.5, 0.6) is 0 Å². The number of halogens is 1. The van der Waals surface area contributed by atoms with Crippen molar-refractivity contribution in [3.63, 3.8) is 0 Å². The Hall–Kier alpha value is -1.40. The average molecular weight is 384 g/mol. The lowest BCUT2D eigenvalue weighted by molar-refractivity contribution is -0.141. The summed E-state index contributed by atoms with van der Waals surface area (Å²) in [5.74, 6) is -1.41. The van der Waals surface area contributed by atoms with E-state index in [0.29, 0.717) is 39.0 Å². The molecule has 1 N–H and O–H groups in total. The first-order chi connectivity index (χ1) is 11.0. The third-order valence-corrected chi connectivity index (χ3v) is 4.73. The summed E-state index contributed by atoms with van der Waals surface area (Å²) in [5.41, 5.74) is 1.09. The Morgan fingerprint density at radius 3 is 2.87 bits per heavy atom. The Labute approximate surface area is 144 Å². The SMILES string of the molecule is COCC[C@@H](Cc1cccc(Br)c1)C(=O)N1CC[C@H](C(=O)O)C1. The van der Waals surface area contributed by atoms with Crippen molar-refractivity contribution in [2.24, 2.45) is 11.8 Å². The number of carboxylic acids is 1. The molecule has 0 bridgehead atoms. The molecule has 0 aliphatic carbocycles. The van der Waals surface area contributed by atoms with Crippen molar-refractivity contribution in [3.8, 4) is 0 Å². The van der Waals surface area contributed by atoms with Gasteiger partial charge in [0.25, 0.3) is 0 Å². The molecule has 0 spiro atoms. The molecule has 1 aromatic rings. The molecule has 23 heavy (non-hydrogen) atoms. The third-order valence-electron chi connectivity index (χ3n) is 4.24. The van der Waals surface area contributed by atoms with Gasteiger partial charge in [-0.15, -0.1) is 0 Å². The highest BCUT2D eigenvalue weighted by atomic mass is 79.9. The largest absolute Gasteiger partial charge is 0.481 e. The topological polar surface area (TPSA) is 66.8 Å². The van der Waals surface area contributed by atoms with Crippen LogP contribution in [0.3, 0.4) is 0 Å². The van der Waals surface area contributed by atoms with Gasteiger partial charge >= 0.3 is 5.97 Å². The number of carbonyl (C=O) groups excluding carboxylic acids is 1. The maximum Gasteiger partial charge on any atom is 0.308 e. The number of likely N-dealkylation sites (tertiary alicyclic amines) is 1. The Bertz CT molecular complexity index is 563. The van der Waals surface area contributed by atoms with E-state index in [0.717, 1.165) is 10.0 Å². The Kier molecular flexibility index (Phi) is 6.59. The van der Waals surface area contributed by atoms with Crippen LogP contribution < -0.4 is 0 Å². The third kappa shape index (κ3) is 5.04. The second kappa shape index (κ2) is 8.45. The molecular weight excluding hydrogens is 362 g/mol. The lowest BCUT2D eigenvalue weighted by Gasteiger charge is -2.23. The number of methoxy groups -OCH3 is 1. The molecule has 6 heteroatoms. The molecule has 0 radical (unpaired) electrons. The van der Waals surface area contributed by atoms with Crippen LogP contribution in [0.4, 0.5) is 0 Å². The van der Waals surface area contributed by atoms with E-state index in [4.69, 9.17) is 9.84 Å². The summed E-state index contributed by atoms with van der Waals surface area (Å²) < 4.78 is 6.12. The molecule has 1 aliphatic heterocycles. The van der Waals surface area contributed by atoms with Crippen molar-refractivity contribution >= 4 is 27.8 Å². The zero-order valence-corrected chi connectivity index (χ0v) is 14.8. The summed E-state index contributed by atoms with van der Waals surface area (Å²) in [6.07, 6.45) is 1.81. The Morgan fingerprint density at radius 1 is 1.48 bits per heavy atom. The van der Waals surface area contributed by atoms with Crippen molar-refractivity contribution in [2.45, 2.75) is 19.3 Å². The highest BCUT2D eigenvalue weighted by Crippen LogP contribution is 2.23. The van der Waals surface area contributed by atoms with Gasteiger partial charge in [0.15, 0.2) is 0 Å². The zero-order chi connectivity index (χ0) is 16.8. The fourth-order valence-corrected chi connectivity index (χ4v) is 3.39. The Morgan fingerprint density at radius 2 is 2.26 bits per heavy atom. The van der Waals surface area contributed by atoms with Crippen molar-refractivity contribution in [3.05, 3.63) is 34.3 Å². The van der Waals surface area contributed by atoms with Gasteiger partial charge in [-0.2, -0.15) is 0 Å². The number of carbonyl (C=O) groups is 2. The van der Waals surface area contributed by atoms with Crippen molar-refractivity contribution < 1.29 is 19.4 Å². The molecule has 2 rings (SSSR count). The number of rotatable bonds is 7. The first-order valence-electron chi connectivity index (χ1n) is 7.76. The maximum absolute atomic E-state index is 12.8. The number of benzene rings is 1. The van der Waals surface area contributed by atoms with E-state index >= 15 is 0 Å². The molecule has 1 heterocycles. The Balaban J connectivity index is 2.05. The van der Waals surface area contributed by atoms with Gasteiger partial charge in [0.2, 0.25) is 5.91 Å². The molecule has 1 fully saturated rings. The van der Waals surface area contributed by atoms with E-state index in [9.17, 15) is 9.59 Å². The number of carboxylic acid groups (broad SMARTS) is 1. The fraction of sp³-hybridized carbons (Fsp3) is 0.529. The van der Waals surface area contributed by atoms with Crippen LogP contribution in [0.25, 0.3) is 0 Å². The standard InChI is InChI=1S/C17H22BrNO4/c1-23-8-6-13(9-12-3-2-4-15(18)10-12)16(20)19-7-5-14(11-19)17(21)22/h2-4,10,13-14H,5-9,11H2,1H3,(H,21,22)/t13-,14-/m0/s1. The van der Waals surface area contributed by atoms with Gasteiger partial charge in [0.05, 0.1) is 5.92 Å². The summed E-state index contributed by atoms with van der Waals surface area (Å²) >= 11 is 3.45. The first kappa shape index (κ1) is 17.9. The minimum Gasteiger partial charge on any atom is -0.481 e. The normalized spacial score (nSPS) is 18.9. The fourth-order valence-electron chi connectivity index (χ4n) is 2.94. The minimum atomic E-state index is -0.819. The molecule has 1 saturated heterocycles. The lowest BCUT2D eigenvalue weighted by atomic mass is 9.95. The molecule has 126 valence electrons. The molecule has 0 unspecified atom stereocenters. The second-order valence-corrected chi connectivity index (χ2v) is 6.84. The number of hydrogen-bond donors (Lipinski definition) is 1. The molecule has 1 amide bonds. The van der Waals surface area contributed by atoms with Crippen molar-refractivity contribution in [1.29, 1.82) is 0 Å². The number of nitrogens with zero attached hydrogens (tertiary/aromatic N) is 1. The summed E-state index contributed by atoms with van der Waals surface area (Å²) in [7, 11) is 1.62. The smallest absolute Gasteiger partial charge is 0.308 e. The predicted octanol–water partition coefficient (Wildman–Crippen LogP) is 2.58. The van der Waals surface area contributed by atoms with E-state index in [1.807, 2.05) is 24.3 Å². The molecule has 1 aromatic carbocycles. The van der Waals surface area contributed by atoms with Gasteiger partial charge in [-0.05, 0) is 37.0 Å². The maximum atomic E-state index is 12.8. The van der Waals surface area contributed by atoms with E-state index in [1.54, 1.807) is 12.0 Å². The quantitative estimate of drug-likeness (QED) is 0.785. The lowest BCUT2D eigenvalue weighted by Crippen LogP contribution is -2.36. The molecule has 0 aromatic heterocycles. The predicted molar refractivity (Wildman–Crippen MR) is 90.2 cm³/mol. The first-order valence-corrected chi connectivity index (χ1v) is 8.55. The van der Waals surface area contributed by atoms with Gasteiger partial charge < -0.3 is 14.7 Å². The number of hydrogen-bond acceptors (Lipinski definition) is 3. The number of aliphatic carboxylic acids is 1. The molecular formula is C17H22BrNO4. The van der Waals surface area contributed by atoms with Crippen LogP contribution in [0.1, 0.15) is 18.4 Å². The average Bonchev–Trinajstić information content (AvgIpc) is 3.01. The van der Waals surface area contributed by atoms with Crippen LogP contribution in [-0.2, 0) is 20.7 Å². The van der Waals surface area contributed by atoms with Gasteiger partial charge in [0, 0.05) is 37.2 Å². The van der Waals surface area contributed by atoms with Crippen molar-refractivity contribution in [1.82, 2.24) is 4.90 Å². The summed E-state index contributed by atoms with van der Waals surface area (Å²) in [5, 5.41) is 9.10. The number of ether oxygens (including phenoxy) is 1. The van der Waals surface area contributed by atoms with Crippen LogP contribution in [-0.4, -0.2) is 48.7 Å². The monoisotopic (exact) mass is 383 g/mol. The van der Waals surface area contributed by atoms with E-state index < -0.39 is 11.9 Å². The number of amides is 1. The van der Waals surface area contributed by atoms with E-state index in [1.165, 1.54) is 0 Å². The van der Waals surface area contributed by atoms with Crippen LogP contribution in [0.15, 0.2) is 28.7 Å². The highest BCUT2D eigenvalue weighted by molar-refractivity contribution is 9.10. The summed E-state index contributed by atoms with van der Waals surface area (Å²) in [6.45, 7) is 1.36. The summed E-state index contributed by atoms with van der Waals surface area (Å²) in [6, 6.07) is 7.92. The summed E-state index contributed by atoms with van der Waals surface area (Å²) in [4.78, 5) is 25.5. The van der Waals surface area contributed by atoms with Crippen molar-refractivity contribution in [2.75, 3.05) is 26.8 Å². The van der Waals surface area contributed by atoms with Gasteiger partial charge in [-0.1, -0.05) is 28.1 Å². The highest BCUT2D eigenvalue weighted by Gasteiger charge is 2.33. The van der Waals surface area contributed by atoms with Crippen LogP contribution in [0, 0.1) is 11.8 Å². The van der Waals surface area contributed by atoms with Gasteiger partial charge in [0.1, 0.15) is 0 Å². The molecule has 0 saturated carbocycles. The molecule has 2 atom stereocenters. The minimum absolute atomic E-state index is 0.0331. The zero-order valence-electron chi connectivity index (χ0n) is 13.2. The second-order valence-electron chi connectivity index (χ2n) is 5.92. The molecule has 5 nitrogen and oxygen atoms in total. The van der Waals surface area contributed by atoms with Crippen LogP contribution >= 0.6 is 15.9 Å².